The number of sulfonamides is 1. The number of halogens is 1. The first kappa shape index (κ1) is 14.0. The van der Waals surface area contributed by atoms with E-state index in [0.29, 0.717) is 12.5 Å². The zero-order chi connectivity index (χ0) is 13.0. The van der Waals surface area contributed by atoms with Gasteiger partial charge in [-0.1, -0.05) is 0 Å². The molecule has 18 heavy (non-hydrogen) atoms. The predicted octanol–water partition coefficient (Wildman–Crippen LogP) is 1.55. The van der Waals surface area contributed by atoms with Gasteiger partial charge in [0.2, 0.25) is 15.3 Å². The van der Waals surface area contributed by atoms with Crippen molar-refractivity contribution >= 4 is 33.4 Å². The first-order valence-corrected chi connectivity index (χ1v) is 8.64. The predicted molar refractivity (Wildman–Crippen MR) is 72.3 cm³/mol. The van der Waals surface area contributed by atoms with E-state index in [0.717, 1.165) is 24.3 Å². The highest BCUT2D eigenvalue weighted by Gasteiger charge is 2.19. The summed E-state index contributed by atoms with van der Waals surface area (Å²) in [6.07, 6.45) is 4.55. The van der Waals surface area contributed by atoms with Crippen LogP contribution in [0.4, 0.5) is 0 Å². The summed E-state index contributed by atoms with van der Waals surface area (Å²) >= 11 is 7.44. The summed E-state index contributed by atoms with van der Waals surface area (Å²) in [5.41, 5.74) is 0. The molecule has 1 aromatic rings. The lowest BCUT2D eigenvalue weighted by Gasteiger charge is -2.21. The molecule has 0 saturated carbocycles. The minimum absolute atomic E-state index is 0.0401. The Morgan fingerprint density at radius 2 is 1.94 bits per heavy atom. The molecule has 0 atom stereocenters. The summed E-state index contributed by atoms with van der Waals surface area (Å²) in [7, 11) is -3.52. The van der Waals surface area contributed by atoms with Gasteiger partial charge in [0.1, 0.15) is 4.90 Å². The Bertz CT molecular complexity index is 486. The second-order valence-corrected chi connectivity index (χ2v) is 7.43. The average molecular weight is 308 g/mol. The molecule has 0 unspecified atom stereocenters. The number of nitrogens with one attached hydrogen (secondary N) is 1. The molecule has 0 aromatic carbocycles. The van der Waals surface area contributed by atoms with Crippen molar-refractivity contribution in [3.63, 3.8) is 0 Å². The van der Waals surface area contributed by atoms with Crippen LogP contribution in [0.25, 0.3) is 0 Å². The number of hydrogen-bond donors (Lipinski definition) is 1. The lowest BCUT2D eigenvalue weighted by molar-refractivity contribution is 0.476. The second-order valence-electron chi connectivity index (χ2n) is 4.10. The maximum Gasteiger partial charge on any atom is 0.243 e. The van der Waals surface area contributed by atoms with Gasteiger partial charge >= 0.3 is 0 Å². The summed E-state index contributed by atoms with van der Waals surface area (Å²) in [6.45, 7) is 0.478. The van der Waals surface area contributed by atoms with Crippen LogP contribution in [0.15, 0.2) is 17.3 Å². The molecule has 0 radical (unpaired) electrons. The van der Waals surface area contributed by atoms with Crippen molar-refractivity contribution in [3.8, 4) is 0 Å². The van der Waals surface area contributed by atoms with E-state index in [1.165, 1.54) is 12.4 Å². The molecule has 1 N–H and O–H groups in total. The Morgan fingerprint density at radius 1 is 1.33 bits per heavy atom. The van der Waals surface area contributed by atoms with E-state index in [9.17, 15) is 8.42 Å². The Balaban J connectivity index is 1.96. The van der Waals surface area contributed by atoms with Crippen LogP contribution in [0, 0.1) is 5.92 Å². The van der Waals surface area contributed by atoms with Gasteiger partial charge in [-0.3, -0.25) is 0 Å². The highest BCUT2D eigenvalue weighted by atomic mass is 35.5. The van der Waals surface area contributed by atoms with E-state index in [-0.39, 0.29) is 10.2 Å². The van der Waals surface area contributed by atoms with Gasteiger partial charge in [-0.15, -0.1) is 0 Å². The maximum atomic E-state index is 11.9. The third kappa shape index (κ3) is 3.81. The number of rotatable bonds is 4. The molecule has 0 aliphatic carbocycles. The van der Waals surface area contributed by atoms with Gasteiger partial charge in [0.05, 0.1) is 12.4 Å². The Kier molecular flexibility index (Phi) is 4.83. The average Bonchev–Trinajstić information content (AvgIpc) is 2.38. The van der Waals surface area contributed by atoms with Gasteiger partial charge < -0.3 is 0 Å². The van der Waals surface area contributed by atoms with Gasteiger partial charge in [-0.05, 0) is 41.9 Å². The summed E-state index contributed by atoms with van der Waals surface area (Å²) < 4.78 is 26.5. The molecule has 1 aliphatic rings. The highest BCUT2D eigenvalue weighted by molar-refractivity contribution is 7.99. The molecule has 2 heterocycles. The van der Waals surface area contributed by atoms with Crippen LogP contribution >= 0.6 is 23.4 Å². The first-order valence-electron chi connectivity index (χ1n) is 5.63. The number of nitrogens with zero attached hydrogens (tertiary/aromatic N) is 2. The molecule has 5 nitrogen and oxygen atoms in total. The van der Waals surface area contributed by atoms with Crippen molar-refractivity contribution < 1.29 is 8.42 Å². The van der Waals surface area contributed by atoms with E-state index in [4.69, 9.17) is 11.6 Å². The van der Waals surface area contributed by atoms with E-state index in [1.54, 1.807) is 0 Å². The van der Waals surface area contributed by atoms with Crippen molar-refractivity contribution in [2.75, 3.05) is 18.1 Å². The zero-order valence-corrected chi connectivity index (χ0v) is 12.1. The quantitative estimate of drug-likeness (QED) is 0.855. The lowest BCUT2D eigenvalue weighted by atomic mass is 10.0. The van der Waals surface area contributed by atoms with Gasteiger partial charge in [0, 0.05) is 6.54 Å². The van der Waals surface area contributed by atoms with Crippen molar-refractivity contribution in [2.24, 2.45) is 5.92 Å². The molecule has 8 heteroatoms. The molecule has 0 bridgehead atoms. The van der Waals surface area contributed by atoms with E-state index in [1.807, 2.05) is 11.8 Å². The zero-order valence-electron chi connectivity index (χ0n) is 9.67. The van der Waals surface area contributed by atoms with Crippen LogP contribution < -0.4 is 4.72 Å². The molecule has 0 spiro atoms. The molecule has 1 saturated heterocycles. The minimum Gasteiger partial charge on any atom is -0.225 e. The molecule has 1 aliphatic heterocycles. The van der Waals surface area contributed by atoms with Crippen LogP contribution in [0.3, 0.4) is 0 Å². The SMILES string of the molecule is O=S(=O)(NCC1CCSCC1)c1cnc(Cl)nc1. The standard InChI is InChI=1S/C10H14ClN3O2S2/c11-10-12-6-9(7-13-10)18(15,16)14-5-8-1-3-17-4-2-8/h6-8,14H,1-5H2. The molecular formula is C10H14ClN3O2S2. The van der Waals surface area contributed by atoms with E-state index in [2.05, 4.69) is 14.7 Å². The highest BCUT2D eigenvalue weighted by Crippen LogP contribution is 2.22. The third-order valence-corrected chi connectivity index (χ3v) is 5.43. The van der Waals surface area contributed by atoms with E-state index >= 15 is 0 Å². The monoisotopic (exact) mass is 307 g/mol. The van der Waals surface area contributed by atoms with Crippen LogP contribution in [0.5, 0.6) is 0 Å². The molecule has 1 aromatic heterocycles. The van der Waals surface area contributed by atoms with Crippen LogP contribution in [-0.2, 0) is 10.0 Å². The topological polar surface area (TPSA) is 72.0 Å². The molecule has 1 fully saturated rings. The molecule has 100 valence electrons. The number of thioether (sulfide) groups is 1. The summed E-state index contributed by atoms with van der Waals surface area (Å²) in [5.74, 6) is 2.64. The minimum atomic E-state index is -3.52. The van der Waals surface area contributed by atoms with Gasteiger partial charge in [0.15, 0.2) is 0 Å². The van der Waals surface area contributed by atoms with Gasteiger partial charge in [0.25, 0.3) is 0 Å². The summed E-state index contributed by atoms with van der Waals surface area (Å²) in [4.78, 5) is 7.40. The second kappa shape index (κ2) is 6.18. The summed E-state index contributed by atoms with van der Waals surface area (Å²) in [6, 6.07) is 0. The van der Waals surface area contributed by atoms with Crippen molar-refractivity contribution in [1.82, 2.24) is 14.7 Å². The Labute approximate surface area is 116 Å². The first-order chi connectivity index (χ1) is 8.58. The van der Waals surface area contributed by atoms with E-state index < -0.39 is 10.0 Å². The Morgan fingerprint density at radius 3 is 2.56 bits per heavy atom. The number of aromatic nitrogens is 2. The molecule has 2 rings (SSSR count). The van der Waals surface area contributed by atoms with Crippen molar-refractivity contribution in [1.29, 1.82) is 0 Å². The largest absolute Gasteiger partial charge is 0.243 e. The Hall–Kier alpha value is -0.370. The van der Waals surface area contributed by atoms with Crippen molar-refractivity contribution in [3.05, 3.63) is 17.7 Å². The van der Waals surface area contributed by atoms with Crippen LogP contribution in [0.1, 0.15) is 12.8 Å². The fraction of sp³-hybridized carbons (Fsp3) is 0.600. The van der Waals surface area contributed by atoms with Crippen molar-refractivity contribution in [2.45, 2.75) is 17.7 Å². The van der Waals surface area contributed by atoms with Crippen LogP contribution in [-0.4, -0.2) is 36.4 Å². The smallest absolute Gasteiger partial charge is 0.225 e. The van der Waals surface area contributed by atoms with Gasteiger partial charge in [-0.2, -0.15) is 11.8 Å². The third-order valence-electron chi connectivity index (χ3n) is 2.81. The summed E-state index contributed by atoms with van der Waals surface area (Å²) in [5, 5.41) is 0.0401. The van der Waals surface area contributed by atoms with Gasteiger partial charge in [-0.25, -0.2) is 23.1 Å². The van der Waals surface area contributed by atoms with Crippen LogP contribution in [0.2, 0.25) is 5.28 Å². The normalized spacial score (nSPS) is 17.8. The fourth-order valence-corrected chi connectivity index (χ4v) is 4.01. The number of hydrogen-bond acceptors (Lipinski definition) is 5. The molecular weight excluding hydrogens is 294 g/mol. The maximum absolute atomic E-state index is 11.9. The molecule has 0 amide bonds. The lowest BCUT2D eigenvalue weighted by Crippen LogP contribution is -2.31. The fourth-order valence-electron chi connectivity index (χ4n) is 1.70.